The topological polar surface area (TPSA) is 38.8 Å². The van der Waals surface area contributed by atoms with Crippen molar-refractivity contribution in [3.05, 3.63) is 29.3 Å². The zero-order chi connectivity index (χ0) is 13.1. The molecule has 4 heteroatoms. The maximum absolute atomic E-state index is 12.2. The number of nitrogens with zero attached hydrogens (tertiary/aromatic N) is 1. The van der Waals surface area contributed by atoms with Gasteiger partial charge in [0.05, 0.1) is 26.2 Å². The molecule has 3 rings (SSSR count). The van der Waals surface area contributed by atoms with Crippen LogP contribution in [0.3, 0.4) is 0 Å². The van der Waals surface area contributed by atoms with Gasteiger partial charge in [0, 0.05) is 13.1 Å². The van der Waals surface area contributed by atoms with Crippen molar-refractivity contribution in [2.24, 2.45) is 0 Å². The van der Waals surface area contributed by atoms with Crippen LogP contribution in [0.2, 0.25) is 0 Å². The van der Waals surface area contributed by atoms with E-state index in [0.29, 0.717) is 32.7 Å². The number of aryl methyl sites for hydroxylation is 1. The van der Waals surface area contributed by atoms with E-state index in [2.05, 4.69) is 6.07 Å². The largest absolute Gasteiger partial charge is 0.493 e. The number of hydrogen-bond acceptors (Lipinski definition) is 3. The number of ether oxygens (including phenoxy) is 2. The van der Waals surface area contributed by atoms with Gasteiger partial charge in [-0.05, 0) is 30.0 Å². The highest BCUT2D eigenvalue weighted by atomic mass is 16.5. The molecule has 19 heavy (non-hydrogen) atoms. The maximum atomic E-state index is 12.2. The van der Waals surface area contributed by atoms with Crippen LogP contribution in [0.5, 0.6) is 5.75 Å². The van der Waals surface area contributed by atoms with Crippen LogP contribution in [0, 0.1) is 0 Å². The molecule has 2 aliphatic heterocycles. The lowest BCUT2D eigenvalue weighted by Crippen LogP contribution is -2.41. The van der Waals surface area contributed by atoms with Crippen molar-refractivity contribution in [1.29, 1.82) is 0 Å². The summed E-state index contributed by atoms with van der Waals surface area (Å²) < 4.78 is 10.9. The van der Waals surface area contributed by atoms with Crippen molar-refractivity contribution in [2.75, 3.05) is 32.9 Å². The van der Waals surface area contributed by atoms with Gasteiger partial charge in [0.25, 0.3) is 0 Å². The lowest BCUT2D eigenvalue weighted by atomic mass is 10.0. The third kappa shape index (κ3) is 2.89. The molecule has 2 heterocycles. The summed E-state index contributed by atoms with van der Waals surface area (Å²) in [6, 6.07) is 6.12. The van der Waals surface area contributed by atoms with E-state index in [1.807, 2.05) is 17.0 Å². The Balaban J connectivity index is 1.67. The summed E-state index contributed by atoms with van der Waals surface area (Å²) in [6.07, 6.45) is 2.59. The average Bonchev–Trinajstić information content (AvgIpc) is 2.48. The molecule has 0 atom stereocenters. The van der Waals surface area contributed by atoms with E-state index in [1.54, 1.807) is 0 Å². The van der Waals surface area contributed by atoms with Crippen molar-refractivity contribution in [3.63, 3.8) is 0 Å². The molecule has 4 nitrogen and oxygen atoms in total. The number of amides is 1. The number of morpholine rings is 1. The van der Waals surface area contributed by atoms with Gasteiger partial charge in [-0.15, -0.1) is 0 Å². The van der Waals surface area contributed by atoms with Gasteiger partial charge < -0.3 is 14.4 Å². The zero-order valence-electron chi connectivity index (χ0n) is 11.1. The van der Waals surface area contributed by atoms with Gasteiger partial charge in [0.15, 0.2) is 0 Å². The average molecular weight is 261 g/mol. The Morgan fingerprint density at radius 2 is 2.05 bits per heavy atom. The van der Waals surface area contributed by atoms with Crippen molar-refractivity contribution >= 4 is 5.91 Å². The van der Waals surface area contributed by atoms with E-state index in [9.17, 15) is 4.79 Å². The molecule has 0 N–H and O–H groups in total. The Hall–Kier alpha value is -1.55. The Bertz CT molecular complexity index is 466. The molecular weight excluding hydrogens is 242 g/mol. The third-order valence-corrected chi connectivity index (χ3v) is 3.69. The highest BCUT2D eigenvalue weighted by Gasteiger charge is 2.18. The van der Waals surface area contributed by atoms with E-state index < -0.39 is 0 Å². The van der Waals surface area contributed by atoms with Gasteiger partial charge in [0.2, 0.25) is 5.91 Å². The Labute approximate surface area is 113 Å². The van der Waals surface area contributed by atoms with Gasteiger partial charge in [-0.1, -0.05) is 12.1 Å². The highest BCUT2D eigenvalue weighted by molar-refractivity contribution is 5.79. The fourth-order valence-electron chi connectivity index (χ4n) is 2.62. The molecule has 1 fully saturated rings. The fourth-order valence-corrected chi connectivity index (χ4v) is 2.62. The van der Waals surface area contributed by atoms with Crippen LogP contribution >= 0.6 is 0 Å². The normalized spacial score (nSPS) is 18.6. The lowest BCUT2D eigenvalue weighted by Gasteiger charge is -2.27. The summed E-state index contributed by atoms with van der Waals surface area (Å²) >= 11 is 0. The molecule has 0 spiro atoms. The van der Waals surface area contributed by atoms with Crippen LogP contribution in [0.4, 0.5) is 0 Å². The first-order chi connectivity index (χ1) is 9.33. The van der Waals surface area contributed by atoms with Gasteiger partial charge in [-0.2, -0.15) is 0 Å². The van der Waals surface area contributed by atoms with E-state index >= 15 is 0 Å². The molecule has 0 bridgehead atoms. The second-order valence-corrected chi connectivity index (χ2v) is 5.06. The van der Waals surface area contributed by atoms with Gasteiger partial charge >= 0.3 is 0 Å². The first kappa shape index (κ1) is 12.5. The lowest BCUT2D eigenvalue weighted by molar-refractivity contribution is -0.134. The smallest absolute Gasteiger partial charge is 0.227 e. The first-order valence-corrected chi connectivity index (χ1v) is 6.93. The Kier molecular flexibility index (Phi) is 3.69. The van der Waals surface area contributed by atoms with Crippen molar-refractivity contribution in [1.82, 2.24) is 4.90 Å². The molecule has 0 aliphatic carbocycles. The molecule has 0 saturated carbocycles. The summed E-state index contributed by atoms with van der Waals surface area (Å²) in [5, 5.41) is 0. The quantitative estimate of drug-likeness (QED) is 0.808. The number of carbonyl (C=O) groups is 1. The van der Waals surface area contributed by atoms with E-state index in [1.165, 1.54) is 5.56 Å². The van der Waals surface area contributed by atoms with Gasteiger partial charge in [0.1, 0.15) is 5.75 Å². The van der Waals surface area contributed by atoms with Crippen molar-refractivity contribution in [2.45, 2.75) is 19.3 Å². The SMILES string of the molecule is O=C(Cc1ccc2c(c1)CCCO2)N1CCOCC1. The summed E-state index contributed by atoms with van der Waals surface area (Å²) in [6.45, 7) is 3.55. The first-order valence-electron chi connectivity index (χ1n) is 6.93. The Morgan fingerprint density at radius 1 is 1.21 bits per heavy atom. The molecule has 1 aromatic carbocycles. The molecule has 1 amide bonds. The van der Waals surface area contributed by atoms with Crippen LogP contribution in [0.25, 0.3) is 0 Å². The molecule has 1 saturated heterocycles. The highest BCUT2D eigenvalue weighted by Crippen LogP contribution is 2.25. The number of hydrogen-bond donors (Lipinski definition) is 0. The fraction of sp³-hybridized carbons (Fsp3) is 0.533. The zero-order valence-corrected chi connectivity index (χ0v) is 11.1. The summed E-state index contributed by atoms with van der Waals surface area (Å²) in [7, 11) is 0. The van der Waals surface area contributed by atoms with Crippen LogP contribution in [-0.2, 0) is 22.4 Å². The predicted molar refractivity (Wildman–Crippen MR) is 71.4 cm³/mol. The maximum Gasteiger partial charge on any atom is 0.227 e. The van der Waals surface area contributed by atoms with Crippen LogP contribution < -0.4 is 4.74 Å². The minimum Gasteiger partial charge on any atom is -0.493 e. The number of benzene rings is 1. The minimum absolute atomic E-state index is 0.194. The van der Waals surface area contributed by atoms with Crippen LogP contribution in [-0.4, -0.2) is 43.7 Å². The van der Waals surface area contributed by atoms with Gasteiger partial charge in [-0.3, -0.25) is 4.79 Å². The number of carbonyl (C=O) groups excluding carboxylic acids is 1. The van der Waals surface area contributed by atoms with E-state index in [4.69, 9.17) is 9.47 Å². The molecule has 0 aromatic heterocycles. The molecule has 2 aliphatic rings. The second-order valence-electron chi connectivity index (χ2n) is 5.06. The standard InChI is InChI=1S/C15H19NO3/c17-15(16-5-8-18-9-6-16)11-12-3-4-14-13(10-12)2-1-7-19-14/h3-4,10H,1-2,5-9,11H2. The minimum atomic E-state index is 0.194. The van der Waals surface area contributed by atoms with Crippen molar-refractivity contribution < 1.29 is 14.3 Å². The molecule has 1 aromatic rings. The number of fused-ring (bicyclic) bond motifs is 1. The monoisotopic (exact) mass is 261 g/mol. The second kappa shape index (κ2) is 5.61. The molecule has 102 valence electrons. The van der Waals surface area contributed by atoms with Crippen LogP contribution in [0.1, 0.15) is 17.5 Å². The van der Waals surface area contributed by atoms with E-state index in [-0.39, 0.29) is 5.91 Å². The summed E-state index contributed by atoms with van der Waals surface area (Å²) in [5.41, 5.74) is 2.32. The summed E-state index contributed by atoms with van der Waals surface area (Å²) in [4.78, 5) is 14.1. The van der Waals surface area contributed by atoms with E-state index in [0.717, 1.165) is 30.8 Å². The number of rotatable bonds is 2. The molecule has 0 unspecified atom stereocenters. The van der Waals surface area contributed by atoms with Gasteiger partial charge in [-0.25, -0.2) is 0 Å². The Morgan fingerprint density at radius 3 is 2.89 bits per heavy atom. The predicted octanol–water partition coefficient (Wildman–Crippen LogP) is 1.41. The van der Waals surface area contributed by atoms with Crippen molar-refractivity contribution in [3.8, 4) is 5.75 Å². The molecule has 0 radical (unpaired) electrons. The summed E-state index contributed by atoms with van der Waals surface area (Å²) in [5.74, 6) is 1.17. The molecular formula is C15H19NO3. The third-order valence-electron chi connectivity index (χ3n) is 3.69. The van der Waals surface area contributed by atoms with Crippen LogP contribution in [0.15, 0.2) is 18.2 Å².